The molecule has 1 unspecified atom stereocenters. The minimum Gasteiger partial charge on any atom is -0.330 e. The van der Waals surface area contributed by atoms with Gasteiger partial charge in [0, 0.05) is 0 Å². The molecule has 0 radical (unpaired) electrons. The molecule has 20 heavy (non-hydrogen) atoms. The Bertz CT molecular complexity index is 302. The van der Waals surface area contributed by atoms with Crippen LogP contribution in [0.2, 0.25) is 0 Å². The van der Waals surface area contributed by atoms with Gasteiger partial charge in [-0.25, -0.2) is 8.42 Å². The SMILES string of the molecule is CCCCCCCCCCCCS(=O)(=O)C(C)CCN. The van der Waals surface area contributed by atoms with Crippen molar-refractivity contribution in [1.82, 2.24) is 0 Å². The summed E-state index contributed by atoms with van der Waals surface area (Å²) in [5.41, 5.74) is 5.41. The molecule has 0 saturated heterocycles. The highest BCUT2D eigenvalue weighted by atomic mass is 32.2. The fourth-order valence-electron chi connectivity index (χ4n) is 2.41. The molecule has 122 valence electrons. The molecule has 0 spiro atoms. The number of unbranched alkanes of at least 4 members (excludes halogenated alkanes) is 9. The monoisotopic (exact) mass is 305 g/mol. The lowest BCUT2D eigenvalue weighted by molar-refractivity contribution is 0.554. The molecular formula is C16H35NO2S. The Morgan fingerprint density at radius 1 is 0.850 bits per heavy atom. The molecule has 0 rings (SSSR count). The fourth-order valence-corrected chi connectivity index (χ4v) is 3.91. The molecular weight excluding hydrogens is 270 g/mol. The third-order valence-electron chi connectivity index (χ3n) is 3.97. The second kappa shape index (κ2) is 12.6. The highest BCUT2D eigenvalue weighted by molar-refractivity contribution is 7.91. The Kier molecular flexibility index (Phi) is 12.6. The largest absolute Gasteiger partial charge is 0.330 e. The Balaban J connectivity index is 3.43. The van der Waals surface area contributed by atoms with E-state index in [1.165, 1.54) is 51.4 Å². The van der Waals surface area contributed by atoms with E-state index in [1.807, 2.05) is 0 Å². The first-order valence-electron chi connectivity index (χ1n) is 8.46. The average molecular weight is 306 g/mol. The summed E-state index contributed by atoms with van der Waals surface area (Å²) in [5, 5.41) is -0.272. The van der Waals surface area contributed by atoms with E-state index in [1.54, 1.807) is 6.92 Å². The molecule has 0 amide bonds. The first-order chi connectivity index (χ1) is 9.54. The summed E-state index contributed by atoms with van der Waals surface area (Å²) in [6, 6.07) is 0. The molecule has 0 fully saturated rings. The zero-order valence-corrected chi connectivity index (χ0v) is 14.4. The van der Waals surface area contributed by atoms with Crippen LogP contribution >= 0.6 is 0 Å². The fraction of sp³-hybridized carbons (Fsp3) is 1.00. The molecule has 1 atom stereocenters. The average Bonchev–Trinajstić information content (AvgIpc) is 2.41. The van der Waals surface area contributed by atoms with E-state index in [0.29, 0.717) is 18.7 Å². The summed E-state index contributed by atoms with van der Waals surface area (Å²) in [5.74, 6) is 0.338. The van der Waals surface area contributed by atoms with Gasteiger partial charge in [0.05, 0.1) is 11.0 Å². The van der Waals surface area contributed by atoms with Gasteiger partial charge in [0.25, 0.3) is 0 Å². The van der Waals surface area contributed by atoms with Crippen molar-refractivity contribution in [3.63, 3.8) is 0 Å². The quantitative estimate of drug-likeness (QED) is 0.492. The smallest absolute Gasteiger partial charge is 0.152 e. The molecule has 0 aromatic carbocycles. The lowest BCUT2D eigenvalue weighted by Crippen LogP contribution is -2.23. The van der Waals surface area contributed by atoms with Gasteiger partial charge in [-0.3, -0.25) is 0 Å². The summed E-state index contributed by atoms with van der Waals surface area (Å²) >= 11 is 0. The summed E-state index contributed by atoms with van der Waals surface area (Å²) in [6.45, 7) is 4.47. The van der Waals surface area contributed by atoms with E-state index in [9.17, 15) is 8.42 Å². The van der Waals surface area contributed by atoms with Crippen LogP contribution in [0.4, 0.5) is 0 Å². The van der Waals surface area contributed by atoms with Crippen molar-refractivity contribution < 1.29 is 8.42 Å². The molecule has 3 nitrogen and oxygen atoms in total. The molecule has 0 bridgehead atoms. The third-order valence-corrected chi connectivity index (χ3v) is 6.29. The number of nitrogens with two attached hydrogens (primary N) is 1. The van der Waals surface area contributed by atoms with Crippen molar-refractivity contribution >= 4 is 9.84 Å². The van der Waals surface area contributed by atoms with Crippen molar-refractivity contribution in [2.24, 2.45) is 5.73 Å². The van der Waals surface area contributed by atoms with Gasteiger partial charge in [0.2, 0.25) is 0 Å². The highest BCUT2D eigenvalue weighted by Crippen LogP contribution is 2.13. The molecule has 0 aromatic heterocycles. The maximum absolute atomic E-state index is 11.9. The molecule has 0 saturated carbocycles. The van der Waals surface area contributed by atoms with Gasteiger partial charge in [0.15, 0.2) is 9.84 Å². The Morgan fingerprint density at radius 3 is 1.75 bits per heavy atom. The van der Waals surface area contributed by atoms with Gasteiger partial charge < -0.3 is 5.73 Å². The van der Waals surface area contributed by atoms with Gasteiger partial charge >= 0.3 is 0 Å². The zero-order valence-electron chi connectivity index (χ0n) is 13.6. The number of hydrogen-bond donors (Lipinski definition) is 1. The highest BCUT2D eigenvalue weighted by Gasteiger charge is 2.18. The maximum Gasteiger partial charge on any atom is 0.152 e. The van der Waals surface area contributed by atoms with Crippen LogP contribution in [0.1, 0.15) is 84.5 Å². The van der Waals surface area contributed by atoms with E-state index in [0.717, 1.165) is 12.8 Å². The molecule has 4 heteroatoms. The van der Waals surface area contributed by atoms with Crippen LogP contribution in [-0.2, 0) is 9.84 Å². The second-order valence-corrected chi connectivity index (χ2v) is 8.48. The lowest BCUT2D eigenvalue weighted by atomic mass is 10.1. The Hall–Kier alpha value is -0.0900. The predicted molar refractivity (Wildman–Crippen MR) is 88.8 cm³/mol. The number of sulfone groups is 1. The summed E-state index contributed by atoms with van der Waals surface area (Å²) in [4.78, 5) is 0. The number of hydrogen-bond acceptors (Lipinski definition) is 3. The topological polar surface area (TPSA) is 60.2 Å². The van der Waals surface area contributed by atoms with Gasteiger partial charge in [-0.15, -0.1) is 0 Å². The molecule has 0 aliphatic carbocycles. The molecule has 0 aliphatic rings. The molecule has 0 heterocycles. The van der Waals surface area contributed by atoms with Crippen molar-refractivity contribution in [3.8, 4) is 0 Å². The normalized spacial score (nSPS) is 13.6. The van der Waals surface area contributed by atoms with Crippen LogP contribution in [0.3, 0.4) is 0 Å². The van der Waals surface area contributed by atoms with E-state index >= 15 is 0 Å². The molecule has 0 aromatic rings. The van der Waals surface area contributed by atoms with Crippen LogP contribution in [0, 0.1) is 0 Å². The molecule has 0 aliphatic heterocycles. The predicted octanol–water partition coefficient (Wildman–Crippen LogP) is 4.06. The van der Waals surface area contributed by atoms with Crippen LogP contribution in [0.15, 0.2) is 0 Å². The third kappa shape index (κ3) is 10.7. The van der Waals surface area contributed by atoms with E-state index < -0.39 is 9.84 Å². The van der Waals surface area contributed by atoms with Gasteiger partial charge in [-0.2, -0.15) is 0 Å². The van der Waals surface area contributed by atoms with Crippen molar-refractivity contribution in [3.05, 3.63) is 0 Å². The molecule has 2 N–H and O–H groups in total. The second-order valence-electron chi connectivity index (χ2n) is 5.94. The first-order valence-corrected chi connectivity index (χ1v) is 10.2. The van der Waals surface area contributed by atoms with Crippen LogP contribution in [0.5, 0.6) is 0 Å². The van der Waals surface area contributed by atoms with Gasteiger partial charge in [-0.1, -0.05) is 64.7 Å². The lowest BCUT2D eigenvalue weighted by Gasteiger charge is -2.11. The Labute approximate surface area is 126 Å². The summed E-state index contributed by atoms with van der Waals surface area (Å²) in [7, 11) is -2.91. The zero-order chi connectivity index (χ0) is 15.3. The van der Waals surface area contributed by atoms with Crippen molar-refractivity contribution in [1.29, 1.82) is 0 Å². The standard InChI is InChI=1S/C16H35NO2S/c1-3-4-5-6-7-8-9-10-11-12-15-20(18,19)16(2)13-14-17/h16H,3-15,17H2,1-2H3. The first kappa shape index (κ1) is 19.9. The minimum atomic E-state index is -2.91. The van der Waals surface area contributed by atoms with E-state index in [-0.39, 0.29) is 5.25 Å². The van der Waals surface area contributed by atoms with Gasteiger partial charge in [-0.05, 0) is 26.3 Å². The summed E-state index contributed by atoms with van der Waals surface area (Å²) < 4.78 is 23.8. The van der Waals surface area contributed by atoms with Crippen molar-refractivity contribution in [2.75, 3.05) is 12.3 Å². The van der Waals surface area contributed by atoms with E-state index in [2.05, 4.69) is 6.92 Å². The van der Waals surface area contributed by atoms with Crippen molar-refractivity contribution in [2.45, 2.75) is 89.7 Å². The van der Waals surface area contributed by atoms with Gasteiger partial charge in [0.1, 0.15) is 0 Å². The van der Waals surface area contributed by atoms with Crippen LogP contribution < -0.4 is 5.73 Å². The summed E-state index contributed by atoms with van der Waals surface area (Å²) in [6.07, 6.45) is 12.9. The Morgan fingerprint density at radius 2 is 1.30 bits per heavy atom. The maximum atomic E-state index is 11.9. The number of rotatable bonds is 14. The minimum absolute atomic E-state index is 0.272. The van der Waals surface area contributed by atoms with Crippen LogP contribution in [0.25, 0.3) is 0 Å². The van der Waals surface area contributed by atoms with E-state index in [4.69, 9.17) is 5.73 Å². The van der Waals surface area contributed by atoms with Crippen LogP contribution in [-0.4, -0.2) is 26.0 Å².